The molecule has 0 spiro atoms. The zero-order chi connectivity index (χ0) is 25.7. The predicted octanol–water partition coefficient (Wildman–Crippen LogP) is 1.28. The van der Waals surface area contributed by atoms with Crippen molar-refractivity contribution in [1.29, 1.82) is 0 Å². The van der Waals surface area contributed by atoms with Crippen LogP contribution >= 0.6 is 0 Å². The van der Waals surface area contributed by atoms with E-state index in [0.29, 0.717) is 24.6 Å². The maximum absolute atomic E-state index is 11.6. The molecule has 0 radical (unpaired) electrons. The molecule has 0 aromatic carbocycles. The number of hydroxylamine groups is 2. The maximum Gasteiger partial charge on any atom is 0.338 e. The molecule has 10 heteroatoms. The Morgan fingerprint density at radius 2 is 1.41 bits per heavy atom. The van der Waals surface area contributed by atoms with E-state index in [-0.39, 0.29) is 30.3 Å². The first kappa shape index (κ1) is 32.1. The van der Waals surface area contributed by atoms with Gasteiger partial charge in [-0.3, -0.25) is 14.4 Å². The third kappa shape index (κ3) is 12.7. The minimum atomic E-state index is -0.677. The van der Waals surface area contributed by atoms with Crippen LogP contribution in [0.3, 0.4) is 0 Å². The Labute approximate surface area is 191 Å². The lowest BCUT2D eigenvalue weighted by atomic mass is 9.89. The first-order valence-corrected chi connectivity index (χ1v) is 11.0. The summed E-state index contributed by atoms with van der Waals surface area (Å²) in [5, 5.41) is 20.4. The molecule has 0 bridgehead atoms. The number of carbonyl (C=O) groups is 4. The molecule has 10 nitrogen and oxygen atoms in total. The normalized spacial score (nSPS) is 15.7. The lowest BCUT2D eigenvalue weighted by molar-refractivity contribution is -0.204. The highest BCUT2D eigenvalue weighted by molar-refractivity contribution is 6.01. The van der Waals surface area contributed by atoms with Crippen LogP contribution < -0.4 is 11.1 Å². The molecule has 1 heterocycles. The van der Waals surface area contributed by atoms with Gasteiger partial charge in [0, 0.05) is 31.3 Å². The van der Waals surface area contributed by atoms with Gasteiger partial charge in [-0.25, -0.2) is 4.79 Å². The fourth-order valence-electron chi connectivity index (χ4n) is 1.65. The van der Waals surface area contributed by atoms with E-state index in [2.05, 4.69) is 5.32 Å². The third-order valence-corrected chi connectivity index (χ3v) is 5.01. The second kappa shape index (κ2) is 14.9. The van der Waals surface area contributed by atoms with E-state index in [0.717, 1.165) is 6.42 Å². The van der Waals surface area contributed by atoms with Crippen molar-refractivity contribution in [3.05, 3.63) is 0 Å². The summed E-state index contributed by atoms with van der Waals surface area (Å²) in [6, 6.07) is 0. The molecule has 188 valence electrons. The highest BCUT2D eigenvalue weighted by Gasteiger charge is 2.37. The molecule has 5 N–H and O–H groups in total. The molecule has 1 aliphatic heterocycles. The smallest absolute Gasteiger partial charge is 0.338 e. The van der Waals surface area contributed by atoms with Gasteiger partial charge < -0.3 is 26.1 Å². The van der Waals surface area contributed by atoms with Crippen LogP contribution in [0.4, 0.5) is 0 Å². The van der Waals surface area contributed by atoms with E-state index in [1.165, 1.54) is 0 Å². The standard InChI is InChI=1S/C10H15NO4.C9H19NO2.C3H9NO/c1-4-10(2,3)9(14)15-11-7(12)5-6-8(11)13;1-5-9(3,4)8(12)10-6-7(2)11;1-3(5)2-4/h4-6H2,1-3H3;7,11H,5-6H2,1-4H3,(H,10,12);3,5H,2,4H2,1H3. The van der Waals surface area contributed by atoms with Gasteiger partial charge in [0.25, 0.3) is 11.8 Å². The minimum Gasteiger partial charge on any atom is -0.392 e. The monoisotopic (exact) mass is 461 g/mol. The number of imide groups is 1. The molecular weight excluding hydrogens is 418 g/mol. The molecule has 1 aliphatic rings. The summed E-state index contributed by atoms with van der Waals surface area (Å²) in [6.07, 6.45) is 0.828. The van der Waals surface area contributed by atoms with Crippen LogP contribution in [0.15, 0.2) is 0 Å². The first-order chi connectivity index (χ1) is 14.5. The fourth-order valence-corrected chi connectivity index (χ4v) is 1.65. The number of nitrogens with two attached hydrogens (primary N) is 1. The van der Waals surface area contributed by atoms with Gasteiger partial charge in [-0.1, -0.05) is 27.7 Å². The molecule has 1 rings (SSSR count). The number of aliphatic hydroxyl groups excluding tert-OH is 2. The van der Waals surface area contributed by atoms with Crippen LogP contribution in [0.5, 0.6) is 0 Å². The summed E-state index contributed by atoms with van der Waals surface area (Å²) in [4.78, 5) is 50.1. The lowest BCUT2D eigenvalue weighted by Gasteiger charge is -2.22. The molecule has 3 amide bonds. The van der Waals surface area contributed by atoms with Crippen LogP contribution in [0.1, 0.15) is 81.1 Å². The van der Waals surface area contributed by atoms with E-state index in [4.69, 9.17) is 20.8 Å². The summed E-state index contributed by atoms with van der Waals surface area (Å²) >= 11 is 0. The highest BCUT2D eigenvalue weighted by atomic mass is 16.7. The van der Waals surface area contributed by atoms with Crippen molar-refractivity contribution >= 4 is 23.7 Å². The number of nitrogens with zero attached hydrogens (tertiary/aromatic N) is 1. The van der Waals surface area contributed by atoms with Crippen molar-refractivity contribution in [3.8, 4) is 0 Å². The zero-order valence-electron chi connectivity index (χ0n) is 20.9. The molecule has 2 atom stereocenters. The maximum atomic E-state index is 11.6. The molecular formula is C22H43N3O7. The molecule has 1 saturated heterocycles. The van der Waals surface area contributed by atoms with Crippen LogP contribution in [-0.4, -0.2) is 64.3 Å². The van der Waals surface area contributed by atoms with Gasteiger partial charge in [-0.2, -0.15) is 0 Å². The molecule has 2 unspecified atom stereocenters. The van der Waals surface area contributed by atoms with Gasteiger partial charge in [0.1, 0.15) is 0 Å². The Morgan fingerprint density at radius 1 is 1.00 bits per heavy atom. The number of nitrogens with one attached hydrogen (secondary N) is 1. The van der Waals surface area contributed by atoms with Crippen molar-refractivity contribution in [2.75, 3.05) is 13.1 Å². The average Bonchev–Trinajstić information content (AvgIpc) is 3.04. The second-order valence-corrected chi connectivity index (χ2v) is 9.08. The average molecular weight is 462 g/mol. The van der Waals surface area contributed by atoms with E-state index in [9.17, 15) is 19.2 Å². The van der Waals surface area contributed by atoms with Crippen molar-refractivity contribution < 1.29 is 34.2 Å². The first-order valence-electron chi connectivity index (χ1n) is 11.0. The second-order valence-electron chi connectivity index (χ2n) is 9.08. The van der Waals surface area contributed by atoms with Crippen LogP contribution in [0, 0.1) is 10.8 Å². The Hall–Kier alpha value is -2.04. The summed E-state index contributed by atoms with van der Waals surface area (Å²) < 4.78 is 0. The summed E-state index contributed by atoms with van der Waals surface area (Å²) in [5.74, 6) is -1.43. The zero-order valence-corrected chi connectivity index (χ0v) is 20.9. The van der Waals surface area contributed by atoms with Crippen molar-refractivity contribution in [3.63, 3.8) is 0 Å². The molecule has 0 aromatic rings. The van der Waals surface area contributed by atoms with Crippen LogP contribution in [0.2, 0.25) is 0 Å². The van der Waals surface area contributed by atoms with E-state index < -0.39 is 29.3 Å². The Kier molecular flexibility index (Phi) is 15.0. The van der Waals surface area contributed by atoms with Gasteiger partial charge >= 0.3 is 5.97 Å². The molecule has 0 aromatic heterocycles. The van der Waals surface area contributed by atoms with E-state index in [1.807, 2.05) is 27.7 Å². The molecule has 1 fully saturated rings. The van der Waals surface area contributed by atoms with Crippen molar-refractivity contribution in [1.82, 2.24) is 10.4 Å². The number of aliphatic hydroxyl groups is 2. The number of rotatable bonds is 8. The van der Waals surface area contributed by atoms with Crippen molar-refractivity contribution in [2.24, 2.45) is 16.6 Å². The predicted molar refractivity (Wildman–Crippen MR) is 121 cm³/mol. The number of hydrogen-bond donors (Lipinski definition) is 4. The van der Waals surface area contributed by atoms with Gasteiger partial charge in [0.2, 0.25) is 5.91 Å². The minimum absolute atomic E-state index is 0.00546. The van der Waals surface area contributed by atoms with E-state index in [1.54, 1.807) is 27.7 Å². The fraction of sp³-hybridized carbons (Fsp3) is 0.818. The van der Waals surface area contributed by atoms with Gasteiger partial charge in [0.05, 0.1) is 17.6 Å². The lowest BCUT2D eigenvalue weighted by Crippen LogP contribution is -2.39. The SMILES string of the molecule is CC(O)CN.CCC(C)(C)C(=O)NCC(C)O.CCC(C)(C)C(=O)ON1C(=O)CCC1=O. The largest absolute Gasteiger partial charge is 0.392 e. The molecule has 32 heavy (non-hydrogen) atoms. The third-order valence-electron chi connectivity index (χ3n) is 5.01. The van der Waals surface area contributed by atoms with Crippen molar-refractivity contribution in [2.45, 2.75) is 93.3 Å². The Morgan fingerprint density at radius 3 is 1.72 bits per heavy atom. The van der Waals surface area contributed by atoms with Gasteiger partial charge in [-0.15, -0.1) is 5.06 Å². The molecule has 0 aliphatic carbocycles. The summed E-state index contributed by atoms with van der Waals surface area (Å²) in [7, 11) is 0. The van der Waals surface area contributed by atoms with E-state index >= 15 is 0 Å². The van der Waals surface area contributed by atoms with Gasteiger partial charge in [0.15, 0.2) is 0 Å². The van der Waals surface area contributed by atoms with Crippen LogP contribution in [0.25, 0.3) is 0 Å². The quantitative estimate of drug-likeness (QED) is 0.393. The summed E-state index contributed by atoms with van der Waals surface area (Å²) in [6.45, 7) is 15.0. The van der Waals surface area contributed by atoms with Crippen LogP contribution in [-0.2, 0) is 24.0 Å². The number of amides is 3. The highest BCUT2D eigenvalue weighted by Crippen LogP contribution is 2.24. The van der Waals surface area contributed by atoms with Gasteiger partial charge in [-0.05, 0) is 40.5 Å². The number of carbonyl (C=O) groups excluding carboxylic acids is 4. The Bertz CT molecular complexity index is 601. The topological polar surface area (TPSA) is 159 Å². The number of hydrogen-bond acceptors (Lipinski definition) is 8. The molecule has 0 saturated carbocycles. The summed E-state index contributed by atoms with van der Waals surface area (Å²) in [5.41, 5.74) is 3.92. The Balaban J connectivity index is 0.